The highest BCUT2D eigenvalue weighted by molar-refractivity contribution is 5.72. The van der Waals surface area contributed by atoms with Crippen molar-refractivity contribution in [3.63, 3.8) is 0 Å². The first-order valence-electron chi connectivity index (χ1n) is 9.80. The van der Waals surface area contributed by atoms with E-state index in [2.05, 4.69) is 6.92 Å². The fourth-order valence-corrected chi connectivity index (χ4v) is 6.01. The molecule has 2 nitrogen and oxygen atoms in total. The summed E-state index contributed by atoms with van der Waals surface area (Å²) in [5.41, 5.74) is 1.37. The van der Waals surface area contributed by atoms with E-state index in [9.17, 15) is 4.79 Å². The van der Waals surface area contributed by atoms with Crippen LogP contribution in [0.5, 0.6) is 0 Å². The summed E-state index contributed by atoms with van der Waals surface area (Å²) in [6, 6.07) is 0. The molecular formula is C20H34O2. The Labute approximate surface area is 136 Å². The molecule has 0 heterocycles. The molecule has 0 atom stereocenters. The van der Waals surface area contributed by atoms with E-state index in [4.69, 9.17) is 4.74 Å². The second kappa shape index (κ2) is 6.53. The quantitative estimate of drug-likeness (QED) is 0.627. The number of hydrogen-bond acceptors (Lipinski definition) is 2. The van der Waals surface area contributed by atoms with Gasteiger partial charge in [-0.25, -0.2) is 0 Å². The lowest BCUT2D eigenvalue weighted by atomic mass is 9.48. The maximum atomic E-state index is 11.9. The number of esters is 1. The van der Waals surface area contributed by atoms with Crippen molar-refractivity contribution < 1.29 is 9.53 Å². The van der Waals surface area contributed by atoms with Gasteiger partial charge in [0.05, 0.1) is 12.5 Å². The predicted octanol–water partition coefficient (Wildman–Crippen LogP) is 5.50. The normalized spacial score (nSPS) is 41.4. The summed E-state index contributed by atoms with van der Waals surface area (Å²) in [5, 5.41) is 0. The smallest absolute Gasteiger partial charge is 0.308 e. The van der Waals surface area contributed by atoms with Crippen LogP contribution < -0.4 is 0 Å². The van der Waals surface area contributed by atoms with Crippen LogP contribution in [0.25, 0.3) is 0 Å². The van der Waals surface area contributed by atoms with Crippen molar-refractivity contribution in [3.8, 4) is 0 Å². The molecule has 0 aliphatic heterocycles. The van der Waals surface area contributed by atoms with Gasteiger partial charge in [-0.3, -0.25) is 4.79 Å². The topological polar surface area (TPSA) is 26.3 Å². The molecule has 4 fully saturated rings. The lowest BCUT2D eigenvalue weighted by Gasteiger charge is -2.57. The average Bonchev–Trinajstić information content (AvgIpc) is 2.57. The van der Waals surface area contributed by atoms with Crippen LogP contribution in [-0.2, 0) is 9.53 Å². The van der Waals surface area contributed by atoms with Crippen molar-refractivity contribution in [1.82, 2.24) is 0 Å². The highest BCUT2D eigenvalue weighted by Crippen LogP contribution is 2.63. The summed E-state index contributed by atoms with van der Waals surface area (Å²) in [6.07, 6.45) is 16.4. The molecule has 0 aromatic heterocycles. The van der Waals surface area contributed by atoms with E-state index < -0.39 is 0 Å². The van der Waals surface area contributed by atoms with E-state index in [1.165, 1.54) is 64.2 Å². The van der Waals surface area contributed by atoms with Crippen molar-refractivity contribution in [1.29, 1.82) is 0 Å². The maximum absolute atomic E-state index is 11.9. The zero-order chi connectivity index (χ0) is 15.6. The molecule has 0 aromatic rings. The number of hydrogen-bond donors (Lipinski definition) is 0. The molecule has 0 N–H and O–H groups in total. The fraction of sp³-hybridized carbons (Fsp3) is 0.950. The third kappa shape index (κ3) is 2.95. The zero-order valence-electron chi connectivity index (χ0n) is 14.7. The molecular weight excluding hydrogens is 272 g/mol. The van der Waals surface area contributed by atoms with E-state index in [1.807, 2.05) is 6.92 Å². The minimum atomic E-state index is 0.0627. The van der Waals surface area contributed by atoms with Crippen molar-refractivity contribution in [2.24, 2.45) is 22.7 Å². The number of carbonyl (C=O) groups excluding carboxylic acids is 1. The first kappa shape index (κ1) is 16.3. The predicted molar refractivity (Wildman–Crippen MR) is 89.6 cm³/mol. The summed E-state index contributed by atoms with van der Waals surface area (Å²) in [5.74, 6) is 1.14. The van der Waals surface area contributed by atoms with Gasteiger partial charge in [0.15, 0.2) is 0 Å². The molecule has 22 heavy (non-hydrogen) atoms. The van der Waals surface area contributed by atoms with E-state index in [1.54, 1.807) is 0 Å². The third-order valence-corrected chi connectivity index (χ3v) is 7.45. The van der Waals surface area contributed by atoms with Gasteiger partial charge in [-0.05, 0) is 94.3 Å². The summed E-state index contributed by atoms with van der Waals surface area (Å²) in [7, 11) is 0. The molecule has 4 saturated carbocycles. The van der Waals surface area contributed by atoms with Crippen LogP contribution in [0.3, 0.4) is 0 Å². The highest BCUT2D eigenvalue weighted by atomic mass is 16.5. The van der Waals surface area contributed by atoms with Crippen molar-refractivity contribution in [2.45, 2.75) is 90.9 Å². The molecule has 4 aliphatic rings. The first-order valence-corrected chi connectivity index (χ1v) is 9.80. The minimum Gasteiger partial charge on any atom is -0.466 e. The Morgan fingerprint density at radius 2 is 1.55 bits per heavy atom. The Balaban J connectivity index is 1.55. The first-order chi connectivity index (χ1) is 10.6. The molecule has 0 unspecified atom stereocenters. The van der Waals surface area contributed by atoms with Crippen LogP contribution in [0.15, 0.2) is 0 Å². The second-order valence-electron chi connectivity index (χ2n) is 8.41. The molecule has 2 heteroatoms. The van der Waals surface area contributed by atoms with E-state index in [-0.39, 0.29) is 11.9 Å². The lowest BCUT2D eigenvalue weighted by molar-refractivity contribution is -0.150. The monoisotopic (exact) mass is 306 g/mol. The van der Waals surface area contributed by atoms with Gasteiger partial charge in [0, 0.05) is 0 Å². The maximum Gasteiger partial charge on any atom is 0.308 e. The van der Waals surface area contributed by atoms with Gasteiger partial charge in [0.2, 0.25) is 0 Å². The van der Waals surface area contributed by atoms with Crippen molar-refractivity contribution in [3.05, 3.63) is 0 Å². The highest BCUT2D eigenvalue weighted by Gasteiger charge is 2.51. The van der Waals surface area contributed by atoms with Crippen LogP contribution in [0, 0.1) is 22.7 Å². The molecule has 0 aromatic carbocycles. The zero-order valence-corrected chi connectivity index (χ0v) is 14.7. The van der Waals surface area contributed by atoms with Crippen LogP contribution in [0.2, 0.25) is 0 Å². The van der Waals surface area contributed by atoms with Crippen LogP contribution in [-0.4, -0.2) is 12.6 Å². The number of ether oxygens (including phenoxy) is 1. The van der Waals surface area contributed by atoms with Gasteiger partial charge in [0.1, 0.15) is 0 Å². The summed E-state index contributed by atoms with van der Waals surface area (Å²) < 4.78 is 5.22. The SMILES string of the molecule is CCCC12CCC([C@H]3CC[C@H](C(=O)OCC)CC3)(CC1)CC2. The lowest BCUT2D eigenvalue weighted by Crippen LogP contribution is -2.46. The van der Waals surface area contributed by atoms with E-state index in [0.717, 1.165) is 24.2 Å². The largest absolute Gasteiger partial charge is 0.466 e. The molecule has 0 amide bonds. The average molecular weight is 306 g/mol. The van der Waals surface area contributed by atoms with Gasteiger partial charge in [0.25, 0.3) is 0 Å². The minimum absolute atomic E-state index is 0.0627. The van der Waals surface area contributed by atoms with Gasteiger partial charge < -0.3 is 4.74 Å². The van der Waals surface area contributed by atoms with Gasteiger partial charge in [-0.1, -0.05) is 13.3 Å². The van der Waals surface area contributed by atoms with Gasteiger partial charge in [-0.15, -0.1) is 0 Å². The number of fused-ring (bicyclic) bond motifs is 3. The molecule has 126 valence electrons. The Bertz CT molecular complexity index is 368. The number of rotatable bonds is 5. The Kier molecular flexibility index (Phi) is 4.85. The molecule has 2 bridgehead atoms. The Morgan fingerprint density at radius 1 is 0.955 bits per heavy atom. The summed E-state index contributed by atoms with van der Waals surface area (Å²) in [6.45, 7) is 4.79. The molecule has 0 spiro atoms. The fourth-order valence-electron chi connectivity index (χ4n) is 6.01. The van der Waals surface area contributed by atoms with Crippen molar-refractivity contribution >= 4 is 5.97 Å². The van der Waals surface area contributed by atoms with Gasteiger partial charge >= 0.3 is 5.97 Å². The summed E-state index contributed by atoms with van der Waals surface area (Å²) >= 11 is 0. The molecule has 4 aliphatic carbocycles. The van der Waals surface area contributed by atoms with Crippen LogP contribution >= 0.6 is 0 Å². The molecule has 4 rings (SSSR count). The number of carbonyl (C=O) groups is 1. The molecule has 0 radical (unpaired) electrons. The summed E-state index contributed by atoms with van der Waals surface area (Å²) in [4.78, 5) is 11.9. The van der Waals surface area contributed by atoms with Gasteiger partial charge in [-0.2, -0.15) is 0 Å². The van der Waals surface area contributed by atoms with Crippen LogP contribution in [0.4, 0.5) is 0 Å². The second-order valence-corrected chi connectivity index (χ2v) is 8.41. The Hall–Kier alpha value is -0.530. The third-order valence-electron chi connectivity index (χ3n) is 7.45. The van der Waals surface area contributed by atoms with E-state index >= 15 is 0 Å². The molecule has 0 saturated heterocycles. The van der Waals surface area contributed by atoms with E-state index in [0.29, 0.717) is 12.0 Å². The standard InChI is InChI=1S/C20H34O2/c1-3-9-19-10-13-20(14-11-19,15-12-19)17-7-5-16(6-8-17)18(21)22-4-2/h16-17H,3-15H2,1-2H3/t16-,17-,19?,20?. The Morgan fingerprint density at radius 3 is 2.05 bits per heavy atom. The van der Waals surface area contributed by atoms with Crippen LogP contribution in [0.1, 0.15) is 90.9 Å². The van der Waals surface area contributed by atoms with Crippen molar-refractivity contribution in [2.75, 3.05) is 6.61 Å².